The molecule has 0 aliphatic carbocycles. The largest absolute Gasteiger partial charge is 0.465 e. The molecule has 0 radical (unpaired) electrons. The predicted octanol–water partition coefficient (Wildman–Crippen LogP) is 1.99. The van der Waals surface area contributed by atoms with Crippen LogP contribution in [0.2, 0.25) is 0 Å². The van der Waals surface area contributed by atoms with E-state index >= 15 is 0 Å². The molecule has 2 aromatic heterocycles. The smallest absolute Gasteiger partial charge is 0.339 e. The molecule has 1 amide bonds. The third kappa shape index (κ3) is 4.05. The lowest BCUT2D eigenvalue weighted by Gasteiger charge is -2.07. The van der Waals surface area contributed by atoms with Gasteiger partial charge in [0.15, 0.2) is 0 Å². The Morgan fingerprint density at radius 3 is 2.52 bits per heavy atom. The zero-order chi connectivity index (χ0) is 19.4. The van der Waals surface area contributed by atoms with Gasteiger partial charge in [0.05, 0.1) is 19.2 Å². The third-order valence-electron chi connectivity index (χ3n) is 4.34. The number of ether oxygens (including phenoxy) is 1. The van der Waals surface area contributed by atoms with Crippen molar-refractivity contribution in [1.29, 1.82) is 0 Å². The van der Waals surface area contributed by atoms with Crippen LogP contribution in [0, 0.1) is 13.8 Å². The molecule has 0 bridgehead atoms. The summed E-state index contributed by atoms with van der Waals surface area (Å²) in [6.45, 7) is 4.49. The minimum absolute atomic E-state index is 0.266. The molecular formula is C19H21N5O3. The van der Waals surface area contributed by atoms with E-state index in [-0.39, 0.29) is 5.91 Å². The molecule has 0 atom stereocenters. The molecule has 0 saturated heterocycles. The minimum atomic E-state index is -0.455. The van der Waals surface area contributed by atoms with Crippen LogP contribution in [0.15, 0.2) is 36.9 Å². The number of aromatic amines is 1. The van der Waals surface area contributed by atoms with Gasteiger partial charge in [-0.05, 0) is 30.5 Å². The molecule has 1 aromatic carbocycles. The summed E-state index contributed by atoms with van der Waals surface area (Å²) in [5.41, 5.74) is 4.03. The maximum Gasteiger partial charge on any atom is 0.339 e. The molecule has 2 heterocycles. The van der Waals surface area contributed by atoms with Crippen LogP contribution < -0.4 is 5.32 Å². The van der Waals surface area contributed by atoms with Crippen LogP contribution in [0.3, 0.4) is 0 Å². The van der Waals surface area contributed by atoms with Crippen LogP contribution in [-0.2, 0) is 17.8 Å². The highest BCUT2D eigenvalue weighted by Gasteiger charge is 2.22. The van der Waals surface area contributed by atoms with Crippen molar-refractivity contribution in [2.24, 2.45) is 0 Å². The molecule has 8 nitrogen and oxygen atoms in total. The Balaban J connectivity index is 1.63. The molecule has 140 valence electrons. The summed E-state index contributed by atoms with van der Waals surface area (Å²) >= 11 is 0. The Morgan fingerprint density at radius 1 is 1.19 bits per heavy atom. The Kier molecular flexibility index (Phi) is 5.35. The summed E-state index contributed by atoms with van der Waals surface area (Å²) in [7, 11) is 1.32. The fourth-order valence-electron chi connectivity index (χ4n) is 2.92. The fourth-order valence-corrected chi connectivity index (χ4v) is 2.92. The van der Waals surface area contributed by atoms with E-state index in [1.165, 1.54) is 13.4 Å². The highest BCUT2D eigenvalue weighted by molar-refractivity contribution is 6.00. The summed E-state index contributed by atoms with van der Waals surface area (Å²) in [6, 6.07) is 7.89. The number of methoxy groups -OCH3 is 1. The standard InChI is InChI=1S/C19H21N5O3/c1-12-16(19(26)27-3)13(2)23-17(12)18(25)21-8-14-4-6-15(7-5-14)9-24-11-20-10-22-24/h4-7,10-11,23H,8-9H2,1-3H3,(H,21,25). The molecule has 8 heteroatoms. The lowest BCUT2D eigenvalue weighted by molar-refractivity contribution is 0.0599. The van der Waals surface area contributed by atoms with E-state index in [0.717, 1.165) is 11.1 Å². The van der Waals surface area contributed by atoms with Gasteiger partial charge in [-0.15, -0.1) is 0 Å². The van der Waals surface area contributed by atoms with Crippen molar-refractivity contribution in [3.05, 3.63) is 70.6 Å². The van der Waals surface area contributed by atoms with Crippen LogP contribution in [0.4, 0.5) is 0 Å². The first kappa shape index (κ1) is 18.4. The third-order valence-corrected chi connectivity index (χ3v) is 4.34. The van der Waals surface area contributed by atoms with Gasteiger partial charge in [-0.3, -0.25) is 4.79 Å². The van der Waals surface area contributed by atoms with Gasteiger partial charge in [-0.1, -0.05) is 24.3 Å². The number of hydrogen-bond donors (Lipinski definition) is 2. The summed E-state index contributed by atoms with van der Waals surface area (Å²) < 4.78 is 6.51. The second kappa shape index (κ2) is 7.86. The van der Waals surface area contributed by atoms with Crippen molar-refractivity contribution in [3.63, 3.8) is 0 Å². The van der Waals surface area contributed by atoms with E-state index in [1.807, 2.05) is 24.3 Å². The van der Waals surface area contributed by atoms with Crippen LogP contribution in [0.1, 0.15) is 43.2 Å². The minimum Gasteiger partial charge on any atom is -0.465 e. The fraction of sp³-hybridized carbons (Fsp3) is 0.263. The number of carbonyl (C=O) groups excluding carboxylic acids is 2. The molecule has 0 unspecified atom stereocenters. The van der Waals surface area contributed by atoms with Gasteiger partial charge in [0.2, 0.25) is 0 Å². The maximum absolute atomic E-state index is 12.5. The molecular weight excluding hydrogens is 346 g/mol. The topological polar surface area (TPSA) is 102 Å². The molecule has 0 saturated carbocycles. The number of benzene rings is 1. The van der Waals surface area contributed by atoms with E-state index in [2.05, 4.69) is 20.4 Å². The van der Waals surface area contributed by atoms with Gasteiger partial charge >= 0.3 is 5.97 Å². The van der Waals surface area contributed by atoms with Crippen molar-refractivity contribution in [1.82, 2.24) is 25.1 Å². The molecule has 27 heavy (non-hydrogen) atoms. The van der Waals surface area contributed by atoms with Gasteiger partial charge < -0.3 is 15.0 Å². The lowest BCUT2D eigenvalue weighted by Crippen LogP contribution is -2.24. The zero-order valence-electron chi connectivity index (χ0n) is 15.4. The average molecular weight is 367 g/mol. The summed E-state index contributed by atoms with van der Waals surface area (Å²) in [5.74, 6) is -0.722. The number of rotatable bonds is 6. The van der Waals surface area contributed by atoms with Crippen molar-refractivity contribution in [2.45, 2.75) is 26.9 Å². The first-order valence-electron chi connectivity index (χ1n) is 8.45. The number of amides is 1. The number of nitrogens with one attached hydrogen (secondary N) is 2. The van der Waals surface area contributed by atoms with E-state index in [9.17, 15) is 9.59 Å². The number of esters is 1. The summed E-state index contributed by atoms with van der Waals surface area (Å²) in [6.07, 6.45) is 3.16. The number of hydrogen-bond acceptors (Lipinski definition) is 5. The second-order valence-corrected chi connectivity index (χ2v) is 6.21. The van der Waals surface area contributed by atoms with Crippen molar-refractivity contribution >= 4 is 11.9 Å². The Labute approximate surface area is 156 Å². The Bertz CT molecular complexity index is 943. The number of carbonyl (C=O) groups is 2. The van der Waals surface area contributed by atoms with Crippen LogP contribution >= 0.6 is 0 Å². The van der Waals surface area contributed by atoms with Crippen molar-refractivity contribution in [2.75, 3.05) is 7.11 Å². The van der Waals surface area contributed by atoms with E-state index < -0.39 is 5.97 Å². The number of aromatic nitrogens is 4. The van der Waals surface area contributed by atoms with Crippen molar-refractivity contribution < 1.29 is 14.3 Å². The monoisotopic (exact) mass is 367 g/mol. The van der Waals surface area contributed by atoms with Crippen LogP contribution in [-0.4, -0.2) is 38.7 Å². The molecule has 2 N–H and O–H groups in total. The first-order chi connectivity index (χ1) is 13.0. The molecule has 0 aliphatic heterocycles. The van der Waals surface area contributed by atoms with E-state index in [4.69, 9.17) is 4.74 Å². The molecule has 3 aromatic rings. The van der Waals surface area contributed by atoms with E-state index in [0.29, 0.717) is 35.6 Å². The molecule has 0 spiro atoms. The Hall–Kier alpha value is -3.42. The van der Waals surface area contributed by atoms with Crippen LogP contribution in [0.5, 0.6) is 0 Å². The number of aryl methyl sites for hydroxylation is 1. The van der Waals surface area contributed by atoms with Gasteiger partial charge in [-0.25, -0.2) is 14.5 Å². The quantitative estimate of drug-likeness (QED) is 0.649. The van der Waals surface area contributed by atoms with Gasteiger partial charge in [0.1, 0.15) is 18.3 Å². The van der Waals surface area contributed by atoms with Crippen LogP contribution in [0.25, 0.3) is 0 Å². The SMILES string of the molecule is COC(=O)c1c(C)[nH]c(C(=O)NCc2ccc(Cn3cncn3)cc2)c1C. The summed E-state index contributed by atoms with van der Waals surface area (Å²) in [4.78, 5) is 31.2. The van der Waals surface area contributed by atoms with Gasteiger partial charge in [-0.2, -0.15) is 5.10 Å². The van der Waals surface area contributed by atoms with Crippen molar-refractivity contribution in [3.8, 4) is 0 Å². The number of H-pyrrole nitrogens is 1. The van der Waals surface area contributed by atoms with Gasteiger partial charge in [0.25, 0.3) is 5.91 Å². The Morgan fingerprint density at radius 2 is 1.89 bits per heavy atom. The molecule has 3 rings (SSSR count). The summed E-state index contributed by atoms with van der Waals surface area (Å²) in [5, 5.41) is 6.94. The second-order valence-electron chi connectivity index (χ2n) is 6.21. The molecule has 0 aliphatic rings. The maximum atomic E-state index is 12.5. The average Bonchev–Trinajstić information content (AvgIpc) is 3.28. The highest BCUT2D eigenvalue weighted by Crippen LogP contribution is 2.19. The molecule has 0 fully saturated rings. The number of nitrogens with zero attached hydrogens (tertiary/aromatic N) is 3. The highest BCUT2D eigenvalue weighted by atomic mass is 16.5. The zero-order valence-corrected chi connectivity index (χ0v) is 15.4. The lowest BCUT2D eigenvalue weighted by atomic mass is 10.1. The normalized spacial score (nSPS) is 10.6. The predicted molar refractivity (Wildman–Crippen MR) is 98.3 cm³/mol. The van der Waals surface area contributed by atoms with E-state index in [1.54, 1.807) is 24.9 Å². The first-order valence-corrected chi connectivity index (χ1v) is 8.45. The van der Waals surface area contributed by atoms with Gasteiger partial charge in [0, 0.05) is 12.2 Å².